The van der Waals surface area contributed by atoms with Gasteiger partial charge in [-0.3, -0.25) is 0 Å². The first kappa shape index (κ1) is 15.9. The van der Waals surface area contributed by atoms with Gasteiger partial charge in [0, 0.05) is 17.6 Å². The molecule has 0 saturated heterocycles. The van der Waals surface area contributed by atoms with Crippen LogP contribution < -0.4 is 5.32 Å². The Hall–Kier alpha value is -2.01. The first-order valence-corrected chi connectivity index (χ1v) is 8.88. The molecule has 1 aromatic carbocycles. The van der Waals surface area contributed by atoms with Crippen molar-refractivity contribution in [2.45, 2.75) is 51.5 Å². The van der Waals surface area contributed by atoms with Gasteiger partial charge in [-0.25, -0.2) is 0 Å². The molecule has 23 heavy (non-hydrogen) atoms. The second-order valence-corrected chi connectivity index (χ2v) is 6.89. The second kappa shape index (κ2) is 7.04. The molecule has 0 aromatic heterocycles. The molecule has 1 aliphatic heterocycles. The van der Waals surface area contributed by atoms with Gasteiger partial charge in [0.25, 0.3) is 0 Å². The Labute approximate surface area is 139 Å². The fraction of sp³-hybridized carbons (Fsp3) is 0.476. The van der Waals surface area contributed by atoms with E-state index in [2.05, 4.69) is 61.7 Å². The van der Waals surface area contributed by atoms with Gasteiger partial charge in [0.2, 0.25) is 0 Å². The molecule has 0 saturated carbocycles. The topological polar surface area (TPSA) is 35.8 Å². The molecule has 1 unspecified atom stereocenters. The summed E-state index contributed by atoms with van der Waals surface area (Å²) in [6, 6.07) is 8.87. The third-order valence-electron chi connectivity index (χ3n) is 5.46. The maximum Gasteiger partial charge on any atom is 0.0991 e. The summed E-state index contributed by atoms with van der Waals surface area (Å²) in [5, 5.41) is 13.0. The minimum Gasteiger partial charge on any atom is -0.381 e. The van der Waals surface area contributed by atoms with Crippen LogP contribution in [0.15, 0.2) is 42.5 Å². The molecule has 1 aliphatic carbocycles. The lowest BCUT2D eigenvalue weighted by Gasteiger charge is -2.43. The van der Waals surface area contributed by atoms with E-state index >= 15 is 0 Å². The van der Waals surface area contributed by atoms with E-state index in [0.29, 0.717) is 23.8 Å². The molecule has 2 heteroatoms. The molecular formula is C21H26N2. The van der Waals surface area contributed by atoms with Crippen molar-refractivity contribution in [1.82, 2.24) is 0 Å². The van der Waals surface area contributed by atoms with Crippen molar-refractivity contribution < 1.29 is 0 Å². The molecule has 1 heterocycles. The first-order chi connectivity index (χ1) is 11.2. The minimum atomic E-state index is 0.484. The Morgan fingerprint density at radius 1 is 1.30 bits per heavy atom. The Kier molecular flexibility index (Phi) is 4.86. The third-order valence-corrected chi connectivity index (χ3v) is 5.46. The number of hydrogen-bond acceptors (Lipinski definition) is 2. The SMILES string of the molecule is CCCC[C@@H]1[C@H](C)c2cc(C#N)ccc2N[C@H]1C1C=CC=CC1. The lowest BCUT2D eigenvalue weighted by Crippen LogP contribution is -2.42. The van der Waals surface area contributed by atoms with Crippen LogP contribution in [0.5, 0.6) is 0 Å². The lowest BCUT2D eigenvalue weighted by molar-refractivity contribution is 0.292. The van der Waals surface area contributed by atoms with Crippen molar-refractivity contribution >= 4 is 5.69 Å². The number of nitrogens with zero attached hydrogens (tertiary/aromatic N) is 1. The number of benzene rings is 1. The minimum absolute atomic E-state index is 0.484. The molecule has 0 spiro atoms. The Morgan fingerprint density at radius 2 is 2.17 bits per heavy atom. The number of unbranched alkanes of at least 4 members (excludes halogenated alkanes) is 1. The van der Waals surface area contributed by atoms with Crippen molar-refractivity contribution in [1.29, 1.82) is 5.26 Å². The normalized spacial score (nSPS) is 28.7. The van der Waals surface area contributed by atoms with Crippen molar-refractivity contribution in [3.8, 4) is 6.07 Å². The summed E-state index contributed by atoms with van der Waals surface area (Å²) < 4.78 is 0. The zero-order valence-corrected chi connectivity index (χ0v) is 14.1. The maximum atomic E-state index is 9.20. The van der Waals surface area contributed by atoms with Crippen molar-refractivity contribution in [2.24, 2.45) is 11.8 Å². The largest absolute Gasteiger partial charge is 0.381 e. The highest BCUT2D eigenvalue weighted by molar-refractivity contribution is 5.59. The highest BCUT2D eigenvalue weighted by Crippen LogP contribution is 2.44. The molecule has 0 bridgehead atoms. The summed E-state index contributed by atoms with van der Waals surface area (Å²) in [7, 11) is 0. The van der Waals surface area contributed by atoms with Crippen LogP contribution in [0.3, 0.4) is 0 Å². The van der Waals surface area contributed by atoms with Gasteiger partial charge >= 0.3 is 0 Å². The van der Waals surface area contributed by atoms with Crippen LogP contribution in [0.2, 0.25) is 0 Å². The van der Waals surface area contributed by atoms with Crippen LogP contribution in [0.4, 0.5) is 5.69 Å². The summed E-state index contributed by atoms with van der Waals surface area (Å²) in [5.74, 6) is 1.68. The molecule has 2 aliphatic rings. The predicted molar refractivity (Wildman–Crippen MR) is 96.4 cm³/mol. The third kappa shape index (κ3) is 3.20. The van der Waals surface area contributed by atoms with Crippen LogP contribution in [0.25, 0.3) is 0 Å². The molecule has 0 radical (unpaired) electrons. The number of rotatable bonds is 4. The van der Waals surface area contributed by atoms with Gasteiger partial charge in [-0.1, -0.05) is 51.0 Å². The van der Waals surface area contributed by atoms with Crippen LogP contribution in [0.1, 0.15) is 56.6 Å². The summed E-state index contributed by atoms with van der Waals surface area (Å²) in [5.41, 5.74) is 3.31. The molecule has 1 aromatic rings. The zero-order chi connectivity index (χ0) is 16.2. The van der Waals surface area contributed by atoms with Crippen molar-refractivity contribution in [3.63, 3.8) is 0 Å². The lowest BCUT2D eigenvalue weighted by atomic mass is 9.70. The molecule has 1 N–H and O–H groups in total. The average Bonchev–Trinajstić information content (AvgIpc) is 2.61. The fourth-order valence-corrected chi connectivity index (χ4v) is 4.13. The zero-order valence-electron chi connectivity index (χ0n) is 14.1. The van der Waals surface area contributed by atoms with Crippen LogP contribution in [-0.4, -0.2) is 6.04 Å². The number of nitriles is 1. The average molecular weight is 306 g/mol. The van der Waals surface area contributed by atoms with Gasteiger partial charge in [-0.2, -0.15) is 5.26 Å². The van der Waals surface area contributed by atoms with E-state index in [4.69, 9.17) is 0 Å². The van der Waals surface area contributed by atoms with Gasteiger partial charge in [-0.15, -0.1) is 0 Å². The van der Waals surface area contributed by atoms with Gasteiger partial charge in [0.15, 0.2) is 0 Å². The number of allylic oxidation sites excluding steroid dienone is 3. The number of nitrogens with one attached hydrogen (secondary N) is 1. The summed E-state index contributed by atoms with van der Waals surface area (Å²) in [6.07, 6.45) is 13.9. The Balaban J connectivity index is 1.93. The van der Waals surface area contributed by atoms with E-state index in [1.807, 2.05) is 6.07 Å². The van der Waals surface area contributed by atoms with Gasteiger partial charge < -0.3 is 5.32 Å². The summed E-state index contributed by atoms with van der Waals surface area (Å²) in [6.45, 7) is 4.61. The Bertz CT molecular complexity index is 650. The number of hydrogen-bond donors (Lipinski definition) is 1. The molecule has 0 amide bonds. The monoisotopic (exact) mass is 306 g/mol. The summed E-state index contributed by atoms with van der Waals surface area (Å²) in [4.78, 5) is 0. The van der Waals surface area contributed by atoms with Gasteiger partial charge in [0.1, 0.15) is 0 Å². The van der Waals surface area contributed by atoms with Gasteiger partial charge in [0.05, 0.1) is 11.6 Å². The van der Waals surface area contributed by atoms with Crippen molar-refractivity contribution in [2.75, 3.05) is 5.32 Å². The second-order valence-electron chi connectivity index (χ2n) is 6.89. The number of anilines is 1. The smallest absolute Gasteiger partial charge is 0.0991 e. The molecule has 0 fully saturated rings. The van der Waals surface area contributed by atoms with E-state index in [-0.39, 0.29) is 0 Å². The summed E-state index contributed by atoms with van der Waals surface area (Å²) >= 11 is 0. The van der Waals surface area contributed by atoms with E-state index in [1.165, 1.54) is 30.5 Å². The highest BCUT2D eigenvalue weighted by atomic mass is 15.0. The number of fused-ring (bicyclic) bond motifs is 1. The molecule has 4 atom stereocenters. The molecule has 120 valence electrons. The standard InChI is InChI=1S/C21H26N2/c1-3-4-10-18-15(2)19-13-16(14-22)11-12-20(19)23-21(18)17-8-6-5-7-9-17/h5-8,11-13,15,17-18,21,23H,3-4,9-10H2,1-2H3/t15-,17?,18+,21-/m0/s1. The molecule has 3 rings (SSSR count). The van der Waals surface area contributed by atoms with Crippen molar-refractivity contribution in [3.05, 3.63) is 53.6 Å². The van der Waals surface area contributed by atoms with Gasteiger partial charge in [-0.05, 0) is 48.4 Å². The highest BCUT2D eigenvalue weighted by Gasteiger charge is 2.37. The fourth-order valence-electron chi connectivity index (χ4n) is 4.13. The van der Waals surface area contributed by atoms with Crippen LogP contribution >= 0.6 is 0 Å². The Morgan fingerprint density at radius 3 is 2.87 bits per heavy atom. The first-order valence-electron chi connectivity index (χ1n) is 8.88. The van der Waals surface area contributed by atoms with E-state index in [1.54, 1.807) is 0 Å². The molecular weight excluding hydrogens is 280 g/mol. The maximum absolute atomic E-state index is 9.20. The van der Waals surface area contributed by atoms with E-state index in [9.17, 15) is 5.26 Å². The van der Waals surface area contributed by atoms with E-state index in [0.717, 1.165) is 12.0 Å². The van der Waals surface area contributed by atoms with Crippen LogP contribution in [-0.2, 0) is 0 Å². The van der Waals surface area contributed by atoms with E-state index < -0.39 is 0 Å². The molecule has 2 nitrogen and oxygen atoms in total. The quantitative estimate of drug-likeness (QED) is 0.809. The predicted octanol–water partition coefficient (Wildman–Crippen LogP) is 5.39. The van der Waals surface area contributed by atoms with Crippen LogP contribution in [0, 0.1) is 23.2 Å².